The first kappa shape index (κ1) is 23.2. The SMILES string of the molecule is CC(C)CC(NC(=O)c1cc2c(F)cccc2[nH]1)C(=O)N[C@@H](C[C@@H]1CCNC1=O)C(N)=O. The van der Waals surface area contributed by atoms with E-state index in [0.29, 0.717) is 24.9 Å². The molecule has 1 unspecified atom stereocenters. The number of halogens is 1. The zero-order valence-corrected chi connectivity index (χ0v) is 18.0. The molecule has 1 aliphatic heterocycles. The summed E-state index contributed by atoms with van der Waals surface area (Å²) in [4.78, 5) is 52.3. The van der Waals surface area contributed by atoms with E-state index in [1.54, 1.807) is 6.07 Å². The molecule has 32 heavy (non-hydrogen) atoms. The van der Waals surface area contributed by atoms with Gasteiger partial charge in [0.05, 0.1) is 0 Å². The van der Waals surface area contributed by atoms with Crippen molar-refractivity contribution in [1.29, 1.82) is 0 Å². The van der Waals surface area contributed by atoms with E-state index in [2.05, 4.69) is 20.9 Å². The Balaban J connectivity index is 1.72. The number of amides is 4. The molecule has 0 saturated carbocycles. The van der Waals surface area contributed by atoms with Gasteiger partial charge in [-0.1, -0.05) is 19.9 Å². The topological polar surface area (TPSA) is 146 Å². The van der Waals surface area contributed by atoms with Crippen LogP contribution < -0.4 is 21.7 Å². The highest BCUT2D eigenvalue weighted by Gasteiger charge is 2.32. The van der Waals surface area contributed by atoms with Gasteiger partial charge in [0.2, 0.25) is 17.7 Å². The molecule has 0 radical (unpaired) electrons. The van der Waals surface area contributed by atoms with Crippen LogP contribution in [-0.2, 0) is 14.4 Å². The van der Waals surface area contributed by atoms with Crippen LogP contribution in [0.3, 0.4) is 0 Å². The summed E-state index contributed by atoms with van der Waals surface area (Å²) in [6.45, 7) is 4.29. The number of carbonyl (C=O) groups excluding carboxylic acids is 4. The first-order valence-corrected chi connectivity index (χ1v) is 10.6. The number of nitrogens with two attached hydrogens (primary N) is 1. The summed E-state index contributed by atoms with van der Waals surface area (Å²) in [5, 5.41) is 8.19. The van der Waals surface area contributed by atoms with Crippen LogP contribution in [0.2, 0.25) is 0 Å². The normalized spacial score (nSPS) is 17.8. The maximum absolute atomic E-state index is 14.0. The van der Waals surface area contributed by atoms with Crippen molar-refractivity contribution in [1.82, 2.24) is 20.9 Å². The highest BCUT2D eigenvalue weighted by atomic mass is 19.1. The van der Waals surface area contributed by atoms with Crippen molar-refractivity contribution < 1.29 is 23.6 Å². The molecule has 10 heteroatoms. The van der Waals surface area contributed by atoms with Gasteiger partial charge >= 0.3 is 0 Å². The summed E-state index contributed by atoms with van der Waals surface area (Å²) in [6, 6.07) is 3.86. The number of rotatable bonds is 9. The van der Waals surface area contributed by atoms with Crippen molar-refractivity contribution in [3.63, 3.8) is 0 Å². The molecule has 1 aliphatic rings. The molecule has 1 aromatic carbocycles. The highest BCUT2D eigenvalue weighted by Crippen LogP contribution is 2.19. The molecule has 1 fully saturated rings. The summed E-state index contributed by atoms with van der Waals surface area (Å²) >= 11 is 0. The van der Waals surface area contributed by atoms with Gasteiger partial charge in [0.1, 0.15) is 23.6 Å². The zero-order chi connectivity index (χ0) is 23.4. The lowest BCUT2D eigenvalue weighted by molar-refractivity contribution is -0.130. The predicted molar refractivity (Wildman–Crippen MR) is 116 cm³/mol. The van der Waals surface area contributed by atoms with Crippen molar-refractivity contribution in [3.05, 3.63) is 35.8 Å². The first-order chi connectivity index (χ1) is 15.2. The second-order valence-corrected chi connectivity index (χ2v) is 8.52. The lowest BCUT2D eigenvalue weighted by Crippen LogP contribution is -2.54. The number of nitrogens with one attached hydrogen (secondary N) is 4. The Kier molecular flexibility index (Phi) is 7.12. The van der Waals surface area contributed by atoms with Gasteiger partial charge in [0.15, 0.2) is 0 Å². The monoisotopic (exact) mass is 445 g/mol. The van der Waals surface area contributed by atoms with Gasteiger partial charge in [0, 0.05) is 23.4 Å². The van der Waals surface area contributed by atoms with Crippen LogP contribution in [0, 0.1) is 17.7 Å². The predicted octanol–water partition coefficient (Wildman–Crippen LogP) is 0.948. The number of H-pyrrole nitrogens is 1. The molecular weight excluding hydrogens is 417 g/mol. The molecule has 0 spiro atoms. The fraction of sp³-hybridized carbons (Fsp3) is 0.455. The number of fused-ring (bicyclic) bond motifs is 1. The van der Waals surface area contributed by atoms with E-state index in [1.165, 1.54) is 18.2 Å². The molecule has 1 saturated heterocycles. The third-order valence-corrected chi connectivity index (χ3v) is 5.53. The van der Waals surface area contributed by atoms with Crippen LogP contribution in [0.15, 0.2) is 24.3 Å². The summed E-state index contributed by atoms with van der Waals surface area (Å²) in [5.41, 5.74) is 6.02. The molecule has 4 amide bonds. The van der Waals surface area contributed by atoms with Crippen molar-refractivity contribution in [2.45, 2.75) is 45.2 Å². The van der Waals surface area contributed by atoms with Crippen LogP contribution in [0.5, 0.6) is 0 Å². The molecular formula is C22H28FN5O4. The summed E-state index contributed by atoms with van der Waals surface area (Å²) in [6.07, 6.45) is 0.958. The average Bonchev–Trinajstić information content (AvgIpc) is 3.33. The Hall–Kier alpha value is -3.43. The van der Waals surface area contributed by atoms with E-state index in [0.717, 1.165) is 0 Å². The largest absolute Gasteiger partial charge is 0.368 e. The summed E-state index contributed by atoms with van der Waals surface area (Å²) in [5.74, 6) is -2.90. The van der Waals surface area contributed by atoms with E-state index >= 15 is 0 Å². The Labute approximate surface area is 184 Å². The van der Waals surface area contributed by atoms with E-state index in [4.69, 9.17) is 5.73 Å². The van der Waals surface area contributed by atoms with E-state index < -0.39 is 41.5 Å². The van der Waals surface area contributed by atoms with Gasteiger partial charge in [-0.05, 0) is 43.4 Å². The Morgan fingerprint density at radius 2 is 1.97 bits per heavy atom. The Morgan fingerprint density at radius 1 is 1.22 bits per heavy atom. The minimum absolute atomic E-state index is 0.0545. The van der Waals surface area contributed by atoms with E-state index in [1.807, 2.05) is 13.8 Å². The van der Waals surface area contributed by atoms with Gasteiger partial charge in [-0.15, -0.1) is 0 Å². The lowest BCUT2D eigenvalue weighted by Gasteiger charge is -2.24. The molecule has 3 rings (SSSR count). The lowest BCUT2D eigenvalue weighted by atomic mass is 9.97. The van der Waals surface area contributed by atoms with E-state index in [-0.39, 0.29) is 29.3 Å². The second-order valence-electron chi connectivity index (χ2n) is 8.52. The van der Waals surface area contributed by atoms with Gasteiger partial charge in [-0.25, -0.2) is 4.39 Å². The number of hydrogen-bond acceptors (Lipinski definition) is 4. The molecule has 9 nitrogen and oxygen atoms in total. The molecule has 172 valence electrons. The molecule has 6 N–H and O–H groups in total. The number of aromatic nitrogens is 1. The van der Waals surface area contributed by atoms with Crippen molar-refractivity contribution in [2.75, 3.05) is 6.54 Å². The second kappa shape index (κ2) is 9.80. The van der Waals surface area contributed by atoms with Crippen LogP contribution >= 0.6 is 0 Å². The quantitative estimate of drug-likeness (QED) is 0.391. The average molecular weight is 445 g/mol. The molecule has 2 aromatic rings. The van der Waals surface area contributed by atoms with Gasteiger partial charge in [-0.3, -0.25) is 19.2 Å². The zero-order valence-electron chi connectivity index (χ0n) is 18.0. The fourth-order valence-electron chi connectivity index (χ4n) is 3.85. The minimum atomic E-state index is -1.04. The van der Waals surface area contributed by atoms with Crippen LogP contribution in [0.1, 0.15) is 43.6 Å². The number of hydrogen-bond donors (Lipinski definition) is 5. The van der Waals surface area contributed by atoms with Gasteiger partial charge in [-0.2, -0.15) is 0 Å². The van der Waals surface area contributed by atoms with Gasteiger partial charge in [0.25, 0.3) is 5.91 Å². The van der Waals surface area contributed by atoms with Crippen molar-refractivity contribution >= 4 is 34.5 Å². The van der Waals surface area contributed by atoms with Crippen LogP contribution in [-0.4, -0.2) is 47.2 Å². The summed E-state index contributed by atoms with van der Waals surface area (Å²) in [7, 11) is 0. The Morgan fingerprint density at radius 3 is 2.56 bits per heavy atom. The molecule has 3 atom stereocenters. The maximum Gasteiger partial charge on any atom is 0.268 e. The standard InChI is InChI=1S/C22H28FN5O4/c1-11(2)8-17(21(31)27-16(19(24)29)9-12-6-7-25-20(12)30)28-22(32)18-10-13-14(23)4-3-5-15(13)26-18/h3-5,10-12,16-17,26H,6-9H2,1-2H3,(H2,24,29)(H,25,30)(H,27,31)(H,28,32)/t12-,16-,17?/m0/s1. The summed E-state index contributed by atoms with van der Waals surface area (Å²) < 4.78 is 14.0. The third-order valence-electron chi connectivity index (χ3n) is 5.53. The van der Waals surface area contributed by atoms with Crippen LogP contribution in [0.25, 0.3) is 10.9 Å². The number of aromatic amines is 1. The molecule has 1 aromatic heterocycles. The highest BCUT2D eigenvalue weighted by molar-refractivity contribution is 6.00. The van der Waals surface area contributed by atoms with Crippen molar-refractivity contribution in [2.24, 2.45) is 17.6 Å². The van der Waals surface area contributed by atoms with Crippen LogP contribution in [0.4, 0.5) is 4.39 Å². The fourth-order valence-corrected chi connectivity index (χ4v) is 3.85. The first-order valence-electron chi connectivity index (χ1n) is 10.6. The molecule has 2 heterocycles. The maximum atomic E-state index is 14.0. The molecule has 0 aliphatic carbocycles. The smallest absolute Gasteiger partial charge is 0.268 e. The van der Waals surface area contributed by atoms with Gasteiger partial charge < -0.3 is 26.7 Å². The Bertz CT molecular complexity index is 1030. The minimum Gasteiger partial charge on any atom is -0.368 e. The number of benzene rings is 1. The molecule has 0 bridgehead atoms. The third kappa shape index (κ3) is 5.43. The van der Waals surface area contributed by atoms with E-state index in [9.17, 15) is 23.6 Å². The number of primary amides is 1. The number of carbonyl (C=O) groups is 4. The van der Waals surface area contributed by atoms with Crippen molar-refractivity contribution in [3.8, 4) is 0 Å².